The Bertz CT molecular complexity index is 746. The number of rotatable bonds is 6. The molecule has 5 nitrogen and oxygen atoms in total. The van der Waals surface area contributed by atoms with Gasteiger partial charge in [0.1, 0.15) is 0 Å². The van der Waals surface area contributed by atoms with Crippen molar-refractivity contribution in [2.24, 2.45) is 0 Å². The Morgan fingerprint density at radius 2 is 1.64 bits per heavy atom. The Balaban J connectivity index is 1.85. The van der Waals surface area contributed by atoms with Gasteiger partial charge < -0.3 is 5.32 Å². The fourth-order valence-electron chi connectivity index (χ4n) is 2.07. The Hall–Kier alpha value is -1.95. The SMILES string of the molecule is CC(CC(=O)NNc1c(Cl)cc(Cl)cc1Cl)NC(=O)c1ccccc1. The molecule has 0 radical (unpaired) electrons. The molecule has 25 heavy (non-hydrogen) atoms. The van der Waals surface area contributed by atoms with Gasteiger partial charge in [-0.25, -0.2) is 0 Å². The monoisotopic (exact) mass is 399 g/mol. The van der Waals surface area contributed by atoms with Crippen LogP contribution in [-0.2, 0) is 4.79 Å². The van der Waals surface area contributed by atoms with E-state index in [9.17, 15) is 9.59 Å². The lowest BCUT2D eigenvalue weighted by Gasteiger charge is -2.16. The largest absolute Gasteiger partial charge is 0.349 e. The third-order valence-electron chi connectivity index (χ3n) is 3.24. The van der Waals surface area contributed by atoms with Gasteiger partial charge in [0, 0.05) is 23.0 Å². The Morgan fingerprint density at radius 1 is 1.04 bits per heavy atom. The number of benzene rings is 2. The van der Waals surface area contributed by atoms with E-state index in [2.05, 4.69) is 16.2 Å². The highest BCUT2D eigenvalue weighted by atomic mass is 35.5. The highest BCUT2D eigenvalue weighted by molar-refractivity contribution is 6.41. The van der Waals surface area contributed by atoms with Crippen LogP contribution in [0.5, 0.6) is 0 Å². The van der Waals surface area contributed by atoms with Gasteiger partial charge in [0.05, 0.1) is 15.7 Å². The summed E-state index contributed by atoms with van der Waals surface area (Å²) in [6.45, 7) is 1.74. The van der Waals surface area contributed by atoms with Gasteiger partial charge in [-0.3, -0.25) is 20.4 Å². The highest BCUT2D eigenvalue weighted by Crippen LogP contribution is 2.33. The second kappa shape index (κ2) is 8.94. The molecule has 0 aliphatic heterocycles. The smallest absolute Gasteiger partial charge is 0.251 e. The molecular formula is C17H16Cl3N3O2. The minimum atomic E-state index is -0.356. The molecule has 2 aromatic carbocycles. The lowest BCUT2D eigenvalue weighted by molar-refractivity contribution is -0.120. The van der Waals surface area contributed by atoms with Crippen molar-refractivity contribution in [1.82, 2.24) is 10.7 Å². The first-order chi connectivity index (χ1) is 11.9. The molecule has 2 rings (SSSR count). The first-order valence-electron chi connectivity index (χ1n) is 7.42. The number of nitrogens with one attached hydrogen (secondary N) is 3. The molecule has 2 amide bonds. The van der Waals surface area contributed by atoms with E-state index in [1.54, 1.807) is 31.2 Å². The topological polar surface area (TPSA) is 70.2 Å². The number of hydrogen-bond donors (Lipinski definition) is 3. The molecule has 0 aliphatic rings. The number of hydrogen-bond acceptors (Lipinski definition) is 3. The fraction of sp³-hybridized carbons (Fsp3) is 0.176. The third kappa shape index (κ3) is 5.81. The summed E-state index contributed by atoms with van der Waals surface area (Å²) in [6, 6.07) is 11.4. The zero-order valence-electron chi connectivity index (χ0n) is 13.3. The third-order valence-corrected chi connectivity index (χ3v) is 4.05. The van der Waals surface area contributed by atoms with Crippen LogP contribution in [0.15, 0.2) is 42.5 Å². The molecule has 0 bridgehead atoms. The van der Waals surface area contributed by atoms with Crippen LogP contribution in [0.2, 0.25) is 15.1 Å². The van der Waals surface area contributed by atoms with Crippen LogP contribution in [-0.4, -0.2) is 17.9 Å². The molecule has 8 heteroatoms. The van der Waals surface area contributed by atoms with Crippen LogP contribution in [0.1, 0.15) is 23.7 Å². The molecule has 0 saturated carbocycles. The van der Waals surface area contributed by atoms with Gasteiger partial charge >= 0.3 is 0 Å². The summed E-state index contributed by atoms with van der Waals surface area (Å²) < 4.78 is 0. The standard InChI is InChI=1S/C17H16Cl3N3O2/c1-10(21-17(25)11-5-3-2-4-6-11)7-15(24)22-23-16-13(19)8-12(18)9-14(16)20/h2-6,8-10,23H,7H2,1H3,(H,21,25)(H,22,24). The zero-order valence-corrected chi connectivity index (χ0v) is 15.5. The van der Waals surface area contributed by atoms with Crippen LogP contribution in [0, 0.1) is 0 Å². The van der Waals surface area contributed by atoms with E-state index in [-0.39, 0.29) is 34.3 Å². The minimum absolute atomic E-state index is 0.0778. The molecule has 132 valence electrons. The molecule has 1 unspecified atom stereocenters. The number of hydrazine groups is 1. The maximum atomic E-state index is 12.0. The van der Waals surface area contributed by atoms with Gasteiger partial charge in [-0.2, -0.15) is 0 Å². The summed E-state index contributed by atoms with van der Waals surface area (Å²) in [5, 5.41) is 3.71. The van der Waals surface area contributed by atoms with Gasteiger partial charge in [-0.15, -0.1) is 0 Å². The zero-order chi connectivity index (χ0) is 18.4. The summed E-state index contributed by atoms with van der Waals surface area (Å²) in [5.41, 5.74) is 6.04. The van der Waals surface area contributed by atoms with E-state index in [0.717, 1.165) is 0 Å². The van der Waals surface area contributed by atoms with Crippen molar-refractivity contribution in [3.05, 3.63) is 63.1 Å². The number of anilines is 1. The Morgan fingerprint density at radius 3 is 2.24 bits per heavy atom. The summed E-state index contributed by atoms with van der Waals surface area (Å²) in [5.74, 6) is -0.569. The van der Waals surface area contributed by atoms with Crippen LogP contribution >= 0.6 is 34.8 Å². The predicted octanol–water partition coefficient (Wildman–Crippen LogP) is 4.30. The summed E-state index contributed by atoms with van der Waals surface area (Å²) in [7, 11) is 0. The van der Waals surface area contributed by atoms with E-state index in [1.807, 2.05) is 6.07 Å². The lowest BCUT2D eigenvalue weighted by atomic mass is 10.2. The minimum Gasteiger partial charge on any atom is -0.349 e. The normalized spacial score (nSPS) is 11.5. The first-order valence-corrected chi connectivity index (χ1v) is 8.55. The number of carbonyl (C=O) groups excluding carboxylic acids is 2. The van der Waals surface area contributed by atoms with Gasteiger partial charge in [-0.05, 0) is 31.2 Å². The molecule has 0 fully saturated rings. The van der Waals surface area contributed by atoms with Crippen molar-refractivity contribution in [2.75, 3.05) is 5.43 Å². The molecule has 0 aliphatic carbocycles. The maximum Gasteiger partial charge on any atom is 0.251 e. The van der Waals surface area contributed by atoms with E-state index in [0.29, 0.717) is 16.3 Å². The van der Waals surface area contributed by atoms with Gasteiger partial charge in [-0.1, -0.05) is 53.0 Å². The molecule has 2 aromatic rings. The molecule has 0 spiro atoms. The second-order valence-corrected chi connectivity index (χ2v) is 6.61. The molecule has 3 N–H and O–H groups in total. The van der Waals surface area contributed by atoms with Crippen molar-refractivity contribution in [2.45, 2.75) is 19.4 Å². The first kappa shape index (κ1) is 19.4. The molecule has 0 aromatic heterocycles. The van der Waals surface area contributed by atoms with E-state index >= 15 is 0 Å². The molecule has 0 heterocycles. The van der Waals surface area contributed by atoms with Crippen molar-refractivity contribution < 1.29 is 9.59 Å². The van der Waals surface area contributed by atoms with Gasteiger partial charge in [0.2, 0.25) is 5.91 Å². The molecule has 1 atom stereocenters. The fourth-order valence-corrected chi connectivity index (χ4v) is 2.98. The van der Waals surface area contributed by atoms with Crippen molar-refractivity contribution in [1.29, 1.82) is 0 Å². The molecule has 0 saturated heterocycles. The van der Waals surface area contributed by atoms with Crippen molar-refractivity contribution in [3.63, 3.8) is 0 Å². The average molecular weight is 401 g/mol. The van der Waals surface area contributed by atoms with Crippen molar-refractivity contribution in [3.8, 4) is 0 Å². The summed E-state index contributed by atoms with van der Waals surface area (Å²) in [4.78, 5) is 24.0. The van der Waals surface area contributed by atoms with Gasteiger partial charge in [0.25, 0.3) is 5.91 Å². The lowest BCUT2D eigenvalue weighted by Crippen LogP contribution is -2.39. The Labute approximate surface area is 160 Å². The maximum absolute atomic E-state index is 12.0. The number of halogens is 3. The van der Waals surface area contributed by atoms with Crippen LogP contribution in [0.4, 0.5) is 5.69 Å². The second-order valence-electron chi connectivity index (χ2n) is 5.36. The number of amides is 2. The van der Waals surface area contributed by atoms with E-state index in [4.69, 9.17) is 34.8 Å². The van der Waals surface area contributed by atoms with E-state index in [1.165, 1.54) is 12.1 Å². The Kier molecular flexibility index (Phi) is 6.93. The number of carbonyl (C=O) groups is 2. The average Bonchev–Trinajstić information content (AvgIpc) is 2.54. The van der Waals surface area contributed by atoms with Crippen LogP contribution in [0.3, 0.4) is 0 Å². The van der Waals surface area contributed by atoms with Crippen LogP contribution < -0.4 is 16.2 Å². The molecular weight excluding hydrogens is 385 g/mol. The van der Waals surface area contributed by atoms with Crippen molar-refractivity contribution >= 4 is 52.3 Å². The summed E-state index contributed by atoms with van der Waals surface area (Å²) >= 11 is 17.9. The predicted molar refractivity (Wildman–Crippen MR) is 101 cm³/mol. The highest BCUT2D eigenvalue weighted by Gasteiger charge is 2.14. The van der Waals surface area contributed by atoms with E-state index < -0.39 is 0 Å². The summed E-state index contributed by atoms with van der Waals surface area (Å²) in [6.07, 6.45) is 0.0778. The van der Waals surface area contributed by atoms with Gasteiger partial charge in [0.15, 0.2) is 0 Å². The van der Waals surface area contributed by atoms with Crippen LogP contribution in [0.25, 0.3) is 0 Å². The quantitative estimate of drug-likeness (QED) is 0.633.